The van der Waals surface area contributed by atoms with Crippen molar-refractivity contribution in [2.45, 2.75) is 0 Å². The molecule has 0 unspecified atom stereocenters. The molecule has 1 N–H and O–H groups in total. The van der Waals surface area contributed by atoms with Gasteiger partial charge in [-0.3, -0.25) is 4.79 Å². The first kappa shape index (κ1) is 30.6. The number of thiophene rings is 3. The maximum Gasteiger partial charge on any atom is 0.338 e. The zero-order valence-electron chi connectivity index (χ0n) is 20.7. The molecule has 0 aliphatic carbocycles. The van der Waals surface area contributed by atoms with Crippen molar-refractivity contribution in [3.8, 4) is 21.1 Å². The summed E-state index contributed by atoms with van der Waals surface area (Å²) in [6.07, 6.45) is 5.69. The van der Waals surface area contributed by atoms with Crippen molar-refractivity contribution in [2.75, 3.05) is 19.5 Å². The predicted octanol–water partition coefficient (Wildman–Crippen LogP) is 6.40. The Morgan fingerprint density at radius 1 is 0.800 bits per heavy atom. The molecule has 0 fully saturated rings. The third-order valence-corrected chi connectivity index (χ3v) is 8.04. The summed E-state index contributed by atoms with van der Waals surface area (Å²) in [5, 5.41) is 13.9. The van der Waals surface area contributed by atoms with Crippen molar-refractivity contribution in [1.82, 2.24) is 9.97 Å². The van der Waals surface area contributed by atoms with Crippen LogP contribution in [0.4, 0.5) is 0 Å². The third-order valence-electron chi connectivity index (χ3n) is 4.65. The Bertz CT molecular complexity index is 1520. The number of aromatic carboxylic acids is 1. The van der Waals surface area contributed by atoms with E-state index < -0.39 is 11.9 Å². The number of nitrogens with zero attached hydrogens (tertiary/aromatic N) is 2. The molecule has 0 aromatic carbocycles. The van der Waals surface area contributed by atoms with E-state index in [1.54, 1.807) is 34.3 Å². The van der Waals surface area contributed by atoms with Crippen molar-refractivity contribution in [3.63, 3.8) is 0 Å². The van der Waals surface area contributed by atoms with E-state index in [-0.39, 0.29) is 22.6 Å². The summed E-state index contributed by atoms with van der Waals surface area (Å²) in [5.41, 5.74) is 2.64. The van der Waals surface area contributed by atoms with Gasteiger partial charge in [-0.25, -0.2) is 24.4 Å². The Kier molecular flexibility index (Phi) is 11.5. The number of ketones is 1. The van der Waals surface area contributed by atoms with Crippen LogP contribution in [-0.4, -0.2) is 58.3 Å². The van der Waals surface area contributed by atoms with Gasteiger partial charge in [0.1, 0.15) is 23.9 Å². The molecule has 5 aromatic heterocycles. The number of methoxy groups -OCH3 is 2. The van der Waals surface area contributed by atoms with E-state index in [0.29, 0.717) is 21.7 Å². The van der Waals surface area contributed by atoms with Gasteiger partial charge in [0.05, 0.1) is 50.9 Å². The molecule has 0 aliphatic heterocycles. The number of carbonyl (C=O) groups is 4. The summed E-state index contributed by atoms with van der Waals surface area (Å²) in [4.78, 5) is 54.0. The highest BCUT2D eigenvalue weighted by molar-refractivity contribution is 9.09. The van der Waals surface area contributed by atoms with E-state index in [1.807, 2.05) is 0 Å². The van der Waals surface area contributed by atoms with Crippen LogP contribution < -0.4 is 0 Å². The molecule has 0 saturated carbocycles. The molecule has 15 heteroatoms. The smallest absolute Gasteiger partial charge is 0.338 e. The monoisotopic (exact) mass is 666 g/mol. The molecule has 0 radical (unpaired) electrons. The minimum atomic E-state index is -0.925. The van der Waals surface area contributed by atoms with Gasteiger partial charge in [-0.05, 0) is 18.2 Å². The largest absolute Gasteiger partial charge is 0.478 e. The van der Waals surface area contributed by atoms with Crippen LogP contribution in [0.15, 0.2) is 68.5 Å². The van der Waals surface area contributed by atoms with Crippen LogP contribution in [0.25, 0.3) is 21.1 Å². The van der Waals surface area contributed by atoms with E-state index in [4.69, 9.17) is 13.9 Å². The van der Waals surface area contributed by atoms with Gasteiger partial charge in [-0.1, -0.05) is 15.9 Å². The highest BCUT2D eigenvalue weighted by Gasteiger charge is 2.13. The quantitative estimate of drug-likeness (QED) is 0.116. The lowest BCUT2D eigenvalue weighted by Gasteiger charge is -1.91. The number of esters is 2. The molecular formula is C25H19BrN2O9S3. The zero-order valence-corrected chi connectivity index (χ0v) is 24.7. The van der Waals surface area contributed by atoms with Crippen molar-refractivity contribution < 1.29 is 42.6 Å². The van der Waals surface area contributed by atoms with E-state index in [2.05, 4.69) is 35.4 Å². The average molecular weight is 668 g/mol. The number of ether oxygens (including phenoxy) is 2. The number of carboxylic acid groups (broad SMARTS) is 1. The fraction of sp³-hybridized carbons (Fsp3) is 0.120. The van der Waals surface area contributed by atoms with Gasteiger partial charge < -0.3 is 23.4 Å². The number of Topliss-reactive ketones (excluding diaryl/α,β-unsaturated/α-hetero) is 1. The molecule has 0 amide bonds. The SMILES string of the molecule is COC(=O)c1csc(-c2cocn2)c1.COC(=O)c1csc(C(=O)CBr)c1.O=C(O)c1csc(-c2cocn2)c1. The summed E-state index contributed by atoms with van der Waals surface area (Å²) in [7, 11) is 2.67. The summed E-state index contributed by atoms with van der Waals surface area (Å²) < 4.78 is 18.7. The highest BCUT2D eigenvalue weighted by Crippen LogP contribution is 2.26. The normalized spacial score (nSPS) is 9.97. The van der Waals surface area contributed by atoms with Crippen LogP contribution in [0.1, 0.15) is 40.7 Å². The highest BCUT2D eigenvalue weighted by atomic mass is 79.9. The van der Waals surface area contributed by atoms with Gasteiger partial charge >= 0.3 is 17.9 Å². The predicted molar refractivity (Wildman–Crippen MR) is 152 cm³/mol. The van der Waals surface area contributed by atoms with Gasteiger partial charge in [0.15, 0.2) is 18.6 Å². The van der Waals surface area contributed by atoms with Gasteiger partial charge in [-0.2, -0.15) is 0 Å². The average Bonchev–Trinajstić information content (AvgIpc) is 3.80. The van der Waals surface area contributed by atoms with E-state index in [1.165, 1.54) is 73.5 Å². The maximum absolute atomic E-state index is 11.1. The Hall–Kier alpha value is -3.92. The maximum atomic E-state index is 11.1. The molecule has 0 aliphatic rings. The molecule has 0 saturated heterocycles. The van der Waals surface area contributed by atoms with E-state index in [0.717, 1.165) is 15.4 Å². The number of halogens is 1. The second kappa shape index (κ2) is 15.0. The van der Waals surface area contributed by atoms with Crippen LogP contribution in [0, 0.1) is 0 Å². The number of alkyl halides is 1. The standard InChI is InChI=1S/C9H7NO3S.C8H7BrO3S.C8H5NO3S/c1-12-9(11)6-2-8(14-4-6)7-3-13-5-10-7;1-12-8(11)5-2-7(13-4-5)6(10)3-9;10-8(11)5-1-7(13-3-5)6-2-12-4-9-6/h2-5H,1H3;2,4H,3H2,1H3;1-4H,(H,10,11). The molecule has 5 aromatic rings. The molecule has 0 spiro atoms. The first-order valence-electron chi connectivity index (χ1n) is 10.8. The second-order valence-electron chi connectivity index (χ2n) is 7.19. The molecule has 5 heterocycles. The lowest BCUT2D eigenvalue weighted by atomic mass is 10.3. The van der Waals surface area contributed by atoms with Crippen molar-refractivity contribution in [2.24, 2.45) is 0 Å². The molecule has 40 heavy (non-hydrogen) atoms. The summed E-state index contributed by atoms with van der Waals surface area (Å²) >= 11 is 7.06. The summed E-state index contributed by atoms with van der Waals surface area (Å²) in [6, 6.07) is 4.85. The van der Waals surface area contributed by atoms with Crippen LogP contribution in [-0.2, 0) is 9.47 Å². The third kappa shape index (κ3) is 8.29. The molecule has 0 bridgehead atoms. The van der Waals surface area contributed by atoms with Crippen LogP contribution in [0.3, 0.4) is 0 Å². The fourth-order valence-corrected chi connectivity index (χ4v) is 5.70. The van der Waals surface area contributed by atoms with Crippen LogP contribution in [0.2, 0.25) is 0 Å². The van der Waals surface area contributed by atoms with Crippen molar-refractivity contribution in [3.05, 3.63) is 81.2 Å². The zero-order chi connectivity index (χ0) is 29.1. The van der Waals surface area contributed by atoms with Crippen LogP contribution >= 0.6 is 49.9 Å². The van der Waals surface area contributed by atoms with E-state index in [9.17, 15) is 19.2 Å². The van der Waals surface area contributed by atoms with E-state index >= 15 is 0 Å². The Morgan fingerprint density at radius 3 is 1.70 bits per heavy atom. The minimum Gasteiger partial charge on any atom is -0.478 e. The Morgan fingerprint density at radius 2 is 1.27 bits per heavy atom. The second-order valence-corrected chi connectivity index (χ2v) is 10.5. The van der Waals surface area contributed by atoms with Crippen molar-refractivity contribution >= 4 is 73.6 Å². The number of aromatic nitrogens is 2. The molecule has 5 rings (SSSR count). The number of hydrogen-bond donors (Lipinski definition) is 1. The summed E-state index contributed by atoms with van der Waals surface area (Å²) in [5.74, 6) is -1.70. The summed E-state index contributed by atoms with van der Waals surface area (Å²) in [6.45, 7) is 0. The topological polar surface area (TPSA) is 159 Å². The molecule has 208 valence electrons. The Balaban J connectivity index is 0.000000166. The minimum absolute atomic E-state index is 0.0276. The lowest BCUT2D eigenvalue weighted by Crippen LogP contribution is -2.00. The number of hydrogen-bond acceptors (Lipinski definition) is 13. The Labute approximate surface area is 247 Å². The number of carboxylic acids is 1. The van der Waals surface area contributed by atoms with Crippen molar-refractivity contribution in [1.29, 1.82) is 0 Å². The number of rotatable bonds is 7. The first-order chi connectivity index (χ1) is 19.3. The number of carbonyl (C=O) groups excluding carboxylic acids is 3. The molecule has 0 atom stereocenters. The first-order valence-corrected chi connectivity index (χ1v) is 14.5. The number of oxazole rings is 2. The molecular weight excluding hydrogens is 648 g/mol. The molecule has 11 nitrogen and oxygen atoms in total. The van der Waals surface area contributed by atoms with Gasteiger partial charge in [-0.15, -0.1) is 34.0 Å². The van der Waals surface area contributed by atoms with Crippen LogP contribution in [0.5, 0.6) is 0 Å². The van der Waals surface area contributed by atoms with Gasteiger partial charge in [0.25, 0.3) is 0 Å². The lowest BCUT2D eigenvalue weighted by molar-refractivity contribution is 0.0592. The van der Waals surface area contributed by atoms with Gasteiger partial charge in [0.2, 0.25) is 0 Å². The fourth-order valence-electron chi connectivity index (χ4n) is 2.72. The van der Waals surface area contributed by atoms with Gasteiger partial charge in [0, 0.05) is 16.1 Å².